The number of cyclic esters (lactones) is 2. The maximum atomic E-state index is 12.7. The molecule has 8 bridgehead atoms. The molecule has 2 aromatic carbocycles. The second kappa shape index (κ2) is 5.58. The Balaban J connectivity index is 1.44. The van der Waals surface area contributed by atoms with Gasteiger partial charge in [-0.1, -0.05) is 24.3 Å². The molecule has 6 nitrogen and oxygen atoms in total. The minimum absolute atomic E-state index is 0.0498. The first-order chi connectivity index (χ1) is 14.2. The van der Waals surface area contributed by atoms with Gasteiger partial charge in [-0.15, -0.1) is 0 Å². The van der Waals surface area contributed by atoms with Gasteiger partial charge in [-0.2, -0.15) is 0 Å². The lowest BCUT2D eigenvalue weighted by atomic mass is 9.77. The van der Waals surface area contributed by atoms with Crippen molar-refractivity contribution in [3.05, 3.63) is 46.5 Å². The lowest BCUT2D eigenvalue weighted by Crippen LogP contribution is -2.24. The van der Waals surface area contributed by atoms with Crippen molar-refractivity contribution in [1.82, 2.24) is 0 Å². The van der Waals surface area contributed by atoms with Gasteiger partial charge < -0.3 is 18.9 Å². The Morgan fingerprint density at radius 1 is 0.690 bits per heavy atom. The molecule has 5 aliphatic rings. The van der Waals surface area contributed by atoms with E-state index in [4.69, 9.17) is 18.9 Å². The summed E-state index contributed by atoms with van der Waals surface area (Å²) >= 11 is 0. The first kappa shape index (κ1) is 16.4. The number of esters is 2. The SMILES string of the molecule is O=C1OCCCOC(=O)[C@@H]2C[C@H]3O[C@@H]2c2c3ccc3c4c(ccc23)[C@H]2C[C@@H]1[C@@H]4O2. The average Bonchev–Trinajstić information content (AvgIpc) is 3.50. The molecule has 0 amide bonds. The van der Waals surface area contributed by atoms with Gasteiger partial charge in [-0.25, -0.2) is 0 Å². The second-order valence-corrected chi connectivity index (χ2v) is 8.70. The van der Waals surface area contributed by atoms with E-state index in [-0.39, 0.29) is 61.4 Å². The fourth-order valence-electron chi connectivity index (χ4n) is 6.04. The maximum absolute atomic E-state index is 12.7. The molecule has 0 unspecified atom stereocenters. The number of carbonyl (C=O) groups is 2. The monoisotopic (exact) mass is 392 g/mol. The third kappa shape index (κ3) is 2.03. The lowest BCUT2D eigenvalue weighted by Gasteiger charge is -2.24. The molecule has 6 atom stereocenters. The van der Waals surface area contributed by atoms with E-state index >= 15 is 0 Å². The zero-order valence-corrected chi connectivity index (χ0v) is 15.8. The molecule has 2 aromatic rings. The minimum Gasteiger partial charge on any atom is -0.465 e. The number of fused-ring (bicyclic) bond motifs is 4. The van der Waals surface area contributed by atoms with Crippen LogP contribution in [-0.4, -0.2) is 25.2 Å². The Labute approximate surface area is 167 Å². The van der Waals surface area contributed by atoms with E-state index in [0.717, 1.165) is 21.9 Å². The number of rotatable bonds is 0. The zero-order valence-electron chi connectivity index (χ0n) is 15.8. The van der Waals surface area contributed by atoms with Gasteiger partial charge >= 0.3 is 11.9 Å². The van der Waals surface area contributed by atoms with Gasteiger partial charge in [0.2, 0.25) is 0 Å². The predicted octanol–water partition coefficient (Wildman–Crippen LogP) is 3.59. The van der Waals surface area contributed by atoms with Crippen LogP contribution >= 0.6 is 0 Å². The van der Waals surface area contributed by atoms with Crippen LogP contribution in [0.5, 0.6) is 0 Å². The molecular formula is C23H20O6. The van der Waals surface area contributed by atoms with E-state index in [1.165, 1.54) is 11.1 Å². The first-order valence-electron chi connectivity index (χ1n) is 10.4. The van der Waals surface area contributed by atoms with Crippen LogP contribution in [0, 0.1) is 11.8 Å². The van der Waals surface area contributed by atoms with Crippen molar-refractivity contribution in [2.75, 3.05) is 13.2 Å². The van der Waals surface area contributed by atoms with Crippen LogP contribution in [0.4, 0.5) is 0 Å². The molecule has 0 aromatic heterocycles. The Hall–Kier alpha value is -2.44. The summed E-state index contributed by atoms with van der Waals surface area (Å²) in [6.07, 6.45) is 1.21. The van der Waals surface area contributed by atoms with E-state index in [1.54, 1.807) is 0 Å². The van der Waals surface area contributed by atoms with E-state index in [2.05, 4.69) is 24.3 Å². The van der Waals surface area contributed by atoms with Crippen LogP contribution < -0.4 is 0 Å². The number of ether oxygens (including phenoxy) is 4. The van der Waals surface area contributed by atoms with Gasteiger partial charge in [0, 0.05) is 6.42 Å². The van der Waals surface area contributed by atoms with E-state index in [9.17, 15) is 9.59 Å². The Bertz CT molecular complexity index is 1010. The summed E-state index contributed by atoms with van der Waals surface area (Å²) in [7, 11) is 0. The summed E-state index contributed by atoms with van der Waals surface area (Å²) in [5.41, 5.74) is 4.58. The van der Waals surface area contributed by atoms with Crippen molar-refractivity contribution in [1.29, 1.82) is 0 Å². The van der Waals surface area contributed by atoms with Crippen LogP contribution in [0.25, 0.3) is 10.8 Å². The van der Waals surface area contributed by atoms with E-state index < -0.39 is 0 Å². The number of carbonyl (C=O) groups excluding carboxylic acids is 2. The number of hydrogen-bond acceptors (Lipinski definition) is 6. The van der Waals surface area contributed by atoms with E-state index in [1.807, 2.05) is 0 Å². The largest absolute Gasteiger partial charge is 0.465 e. The molecule has 29 heavy (non-hydrogen) atoms. The summed E-state index contributed by atoms with van der Waals surface area (Å²) in [6.45, 7) is 0.504. The highest BCUT2D eigenvalue weighted by Crippen LogP contribution is 2.60. The van der Waals surface area contributed by atoms with Gasteiger partial charge in [0.1, 0.15) is 0 Å². The van der Waals surface area contributed by atoms with E-state index in [0.29, 0.717) is 19.3 Å². The summed E-state index contributed by atoms with van der Waals surface area (Å²) in [5.74, 6) is -0.990. The zero-order chi connectivity index (χ0) is 19.3. The third-order valence-electron chi connectivity index (χ3n) is 7.29. The topological polar surface area (TPSA) is 71.1 Å². The molecule has 5 aliphatic heterocycles. The van der Waals surface area contributed by atoms with Gasteiger partial charge in [-0.3, -0.25) is 9.59 Å². The third-order valence-corrected chi connectivity index (χ3v) is 7.29. The minimum atomic E-state index is -0.278. The van der Waals surface area contributed by atoms with Crippen molar-refractivity contribution in [3.8, 4) is 0 Å². The van der Waals surface area contributed by atoms with Crippen molar-refractivity contribution >= 4 is 22.7 Å². The highest BCUT2D eigenvalue weighted by atomic mass is 16.6. The van der Waals surface area contributed by atoms with Crippen LogP contribution in [-0.2, 0) is 28.5 Å². The van der Waals surface area contributed by atoms with Crippen LogP contribution in [0.1, 0.15) is 65.9 Å². The van der Waals surface area contributed by atoms with Crippen LogP contribution in [0.15, 0.2) is 24.3 Å². The fraction of sp³-hybridized carbons (Fsp3) is 0.478. The first-order valence-corrected chi connectivity index (χ1v) is 10.4. The van der Waals surface area contributed by atoms with Gasteiger partial charge in [-0.05, 0) is 45.9 Å². The summed E-state index contributed by atoms with van der Waals surface area (Å²) in [6, 6.07) is 8.52. The molecule has 7 rings (SSSR count). The molecule has 148 valence electrons. The Kier molecular flexibility index (Phi) is 3.15. The molecular weight excluding hydrogens is 372 g/mol. The molecule has 0 radical (unpaired) electrons. The van der Waals surface area contributed by atoms with Crippen LogP contribution in [0.2, 0.25) is 0 Å². The van der Waals surface area contributed by atoms with Gasteiger partial charge in [0.05, 0.1) is 49.5 Å². The molecule has 0 aliphatic carbocycles. The summed E-state index contributed by atoms with van der Waals surface area (Å²) < 4.78 is 23.4. The fourth-order valence-corrected chi connectivity index (χ4v) is 6.04. The van der Waals surface area contributed by atoms with Gasteiger partial charge in [0.25, 0.3) is 0 Å². The standard InChI is InChI=1S/C23H20O6/c24-22-14-9-17-13-5-3-11-10(18(13)20(14)29-17)2-4-12-16-8-15(21(28-16)19(11)12)23(25)27-7-1-6-26-22/h2-5,14-17,20-21H,1,6-9H2/t14-,15-,16-,17-,20+,21+/m1/s1. The smallest absolute Gasteiger partial charge is 0.312 e. The normalized spacial score (nSPS) is 36.7. The molecule has 5 heterocycles. The number of benzene rings is 2. The van der Waals surface area contributed by atoms with Crippen molar-refractivity contribution in [3.63, 3.8) is 0 Å². The molecule has 6 heteroatoms. The Morgan fingerprint density at radius 2 is 1.17 bits per heavy atom. The highest BCUT2D eigenvalue weighted by Gasteiger charge is 2.52. The highest BCUT2D eigenvalue weighted by molar-refractivity contribution is 5.94. The summed E-state index contributed by atoms with van der Waals surface area (Å²) in [5, 5.41) is 2.20. The van der Waals surface area contributed by atoms with Gasteiger partial charge in [0.15, 0.2) is 0 Å². The molecule has 0 spiro atoms. The van der Waals surface area contributed by atoms with Crippen LogP contribution in [0.3, 0.4) is 0 Å². The number of hydrogen-bond donors (Lipinski definition) is 0. The maximum Gasteiger partial charge on any atom is 0.312 e. The molecule has 0 N–H and O–H groups in total. The lowest BCUT2D eigenvalue weighted by molar-refractivity contribution is -0.153. The average molecular weight is 392 g/mol. The molecule has 2 fully saturated rings. The van der Waals surface area contributed by atoms with Crippen molar-refractivity contribution < 1.29 is 28.5 Å². The Morgan fingerprint density at radius 3 is 1.66 bits per heavy atom. The summed E-state index contributed by atoms with van der Waals surface area (Å²) in [4.78, 5) is 25.4. The predicted molar refractivity (Wildman–Crippen MR) is 99.8 cm³/mol. The second-order valence-electron chi connectivity index (χ2n) is 8.70. The van der Waals surface area contributed by atoms with Crippen molar-refractivity contribution in [2.45, 2.75) is 43.7 Å². The molecule has 0 saturated carbocycles. The quantitative estimate of drug-likeness (QED) is 0.638. The molecule has 2 saturated heterocycles. The van der Waals surface area contributed by atoms with Crippen molar-refractivity contribution in [2.24, 2.45) is 11.8 Å².